The first-order valence-electron chi connectivity index (χ1n) is 6.06. The fourth-order valence-corrected chi connectivity index (χ4v) is 2.10. The maximum atomic E-state index is 12.0. The van der Waals surface area contributed by atoms with E-state index in [9.17, 15) is 20.0 Å². The van der Waals surface area contributed by atoms with Crippen molar-refractivity contribution in [2.75, 3.05) is 19.0 Å². The van der Waals surface area contributed by atoms with E-state index in [1.54, 1.807) is 7.11 Å². The molecule has 1 fully saturated rings. The summed E-state index contributed by atoms with van der Waals surface area (Å²) in [5.41, 5.74) is -0.537. The SMILES string of the molecule is COC1CNC(C(=O)Nc2c(O)cccc2[N+](=O)[O-])C1. The van der Waals surface area contributed by atoms with Crippen molar-refractivity contribution >= 4 is 17.3 Å². The predicted octanol–water partition coefficient (Wildman–Crippen LogP) is 0.616. The van der Waals surface area contributed by atoms with E-state index in [1.807, 2.05) is 0 Å². The third-order valence-corrected chi connectivity index (χ3v) is 3.21. The summed E-state index contributed by atoms with van der Waals surface area (Å²) in [6.45, 7) is 0.539. The number of nitro groups is 1. The second kappa shape index (κ2) is 5.85. The molecule has 0 bridgehead atoms. The summed E-state index contributed by atoms with van der Waals surface area (Å²) >= 11 is 0. The molecule has 8 nitrogen and oxygen atoms in total. The number of amides is 1. The van der Waals surface area contributed by atoms with E-state index < -0.39 is 16.9 Å². The van der Waals surface area contributed by atoms with Crippen LogP contribution in [0.4, 0.5) is 11.4 Å². The highest BCUT2D eigenvalue weighted by Gasteiger charge is 2.31. The minimum absolute atomic E-state index is 0.0647. The third kappa shape index (κ3) is 2.86. The Labute approximate surface area is 114 Å². The molecule has 1 saturated heterocycles. The van der Waals surface area contributed by atoms with E-state index >= 15 is 0 Å². The molecule has 0 aliphatic carbocycles. The lowest BCUT2D eigenvalue weighted by Crippen LogP contribution is -2.35. The van der Waals surface area contributed by atoms with E-state index in [0.717, 1.165) is 0 Å². The van der Waals surface area contributed by atoms with Gasteiger partial charge in [0.25, 0.3) is 5.69 Å². The van der Waals surface area contributed by atoms with Crippen molar-refractivity contribution in [2.45, 2.75) is 18.6 Å². The van der Waals surface area contributed by atoms with E-state index in [0.29, 0.717) is 13.0 Å². The van der Waals surface area contributed by atoms with Gasteiger partial charge in [-0.1, -0.05) is 6.07 Å². The van der Waals surface area contributed by atoms with Gasteiger partial charge in [-0.05, 0) is 12.5 Å². The fraction of sp³-hybridized carbons (Fsp3) is 0.417. The number of anilines is 1. The van der Waals surface area contributed by atoms with Gasteiger partial charge in [-0.2, -0.15) is 0 Å². The van der Waals surface area contributed by atoms with Crippen LogP contribution in [0.2, 0.25) is 0 Å². The van der Waals surface area contributed by atoms with Gasteiger partial charge in [-0.15, -0.1) is 0 Å². The van der Waals surface area contributed by atoms with Crippen LogP contribution in [0.15, 0.2) is 18.2 Å². The number of aromatic hydroxyl groups is 1. The van der Waals surface area contributed by atoms with Gasteiger partial charge in [0.05, 0.1) is 17.1 Å². The van der Waals surface area contributed by atoms with Crippen LogP contribution < -0.4 is 10.6 Å². The van der Waals surface area contributed by atoms with Gasteiger partial charge < -0.3 is 20.5 Å². The predicted molar refractivity (Wildman–Crippen MR) is 70.6 cm³/mol. The summed E-state index contributed by atoms with van der Waals surface area (Å²) in [4.78, 5) is 22.3. The van der Waals surface area contributed by atoms with Gasteiger partial charge in [0, 0.05) is 19.7 Å². The molecule has 0 radical (unpaired) electrons. The summed E-state index contributed by atoms with van der Waals surface area (Å²) in [6.07, 6.45) is 0.411. The van der Waals surface area contributed by atoms with Crippen molar-refractivity contribution in [1.29, 1.82) is 0 Å². The number of phenols is 1. The van der Waals surface area contributed by atoms with Gasteiger partial charge in [-0.3, -0.25) is 14.9 Å². The summed E-state index contributed by atoms with van der Waals surface area (Å²) in [5, 5.41) is 25.9. The van der Waals surface area contributed by atoms with Crippen molar-refractivity contribution in [1.82, 2.24) is 5.32 Å². The largest absolute Gasteiger partial charge is 0.505 e. The molecule has 2 rings (SSSR count). The zero-order valence-electron chi connectivity index (χ0n) is 10.8. The van der Waals surface area contributed by atoms with Crippen LogP contribution >= 0.6 is 0 Å². The maximum absolute atomic E-state index is 12.0. The van der Waals surface area contributed by atoms with E-state index in [1.165, 1.54) is 18.2 Å². The number of benzene rings is 1. The maximum Gasteiger partial charge on any atom is 0.296 e. The standard InChI is InChI=1S/C12H15N3O5/c1-20-7-5-8(13-6-7)12(17)14-11-9(15(18)19)3-2-4-10(11)16/h2-4,7-8,13,16H,5-6H2,1H3,(H,14,17). The lowest BCUT2D eigenvalue weighted by atomic mass is 10.1. The second-order valence-electron chi connectivity index (χ2n) is 4.47. The van der Waals surface area contributed by atoms with Crippen molar-refractivity contribution in [3.63, 3.8) is 0 Å². The Kier molecular flexibility index (Phi) is 4.16. The van der Waals surface area contributed by atoms with Crippen LogP contribution in [0.1, 0.15) is 6.42 Å². The van der Waals surface area contributed by atoms with Crippen LogP contribution in [0.3, 0.4) is 0 Å². The molecule has 1 aliphatic heterocycles. The minimum Gasteiger partial charge on any atom is -0.505 e. The molecule has 1 heterocycles. The molecule has 1 aliphatic rings. The average molecular weight is 281 g/mol. The number of nitrogens with one attached hydrogen (secondary N) is 2. The lowest BCUT2D eigenvalue weighted by Gasteiger charge is -2.12. The summed E-state index contributed by atoms with van der Waals surface area (Å²) in [5.74, 6) is -0.775. The smallest absolute Gasteiger partial charge is 0.296 e. The highest BCUT2D eigenvalue weighted by atomic mass is 16.6. The van der Waals surface area contributed by atoms with Crippen molar-refractivity contribution in [3.05, 3.63) is 28.3 Å². The fourth-order valence-electron chi connectivity index (χ4n) is 2.10. The Balaban J connectivity index is 2.14. The van der Waals surface area contributed by atoms with Crippen LogP contribution in [0.25, 0.3) is 0 Å². The van der Waals surface area contributed by atoms with Gasteiger partial charge in [0.1, 0.15) is 5.75 Å². The number of ether oxygens (including phenoxy) is 1. The first-order chi connectivity index (χ1) is 9.52. The molecule has 0 saturated carbocycles. The van der Waals surface area contributed by atoms with Crippen LogP contribution in [0.5, 0.6) is 5.75 Å². The number of carbonyl (C=O) groups is 1. The number of nitro benzene ring substituents is 1. The zero-order valence-corrected chi connectivity index (χ0v) is 10.8. The zero-order chi connectivity index (χ0) is 14.7. The second-order valence-corrected chi connectivity index (χ2v) is 4.47. The molecule has 0 aromatic heterocycles. The number of carbonyl (C=O) groups excluding carboxylic acids is 1. The number of hydrogen-bond donors (Lipinski definition) is 3. The monoisotopic (exact) mass is 281 g/mol. The molecule has 1 aromatic rings. The average Bonchev–Trinajstić information content (AvgIpc) is 2.89. The molecule has 2 unspecified atom stereocenters. The number of phenolic OH excluding ortho intramolecular Hbond substituents is 1. The lowest BCUT2D eigenvalue weighted by molar-refractivity contribution is -0.384. The molecule has 108 valence electrons. The van der Waals surface area contributed by atoms with Crippen LogP contribution in [-0.4, -0.2) is 41.7 Å². The minimum atomic E-state index is -0.657. The van der Waals surface area contributed by atoms with Gasteiger partial charge >= 0.3 is 0 Å². The topological polar surface area (TPSA) is 114 Å². The van der Waals surface area contributed by atoms with E-state index in [4.69, 9.17) is 4.74 Å². The highest BCUT2D eigenvalue weighted by molar-refractivity contribution is 5.98. The van der Waals surface area contributed by atoms with Crippen LogP contribution in [-0.2, 0) is 9.53 Å². The molecule has 3 N–H and O–H groups in total. The molecule has 20 heavy (non-hydrogen) atoms. The molecule has 1 aromatic carbocycles. The molecule has 8 heteroatoms. The summed E-state index contributed by atoms with van der Waals surface area (Å²) in [6, 6.07) is 3.34. The van der Waals surface area contributed by atoms with Gasteiger partial charge in [0.15, 0.2) is 5.69 Å². The van der Waals surface area contributed by atoms with E-state index in [-0.39, 0.29) is 23.2 Å². The van der Waals surface area contributed by atoms with Gasteiger partial charge in [0.2, 0.25) is 5.91 Å². The Morgan fingerprint density at radius 3 is 2.95 bits per heavy atom. The van der Waals surface area contributed by atoms with Crippen molar-refractivity contribution < 1.29 is 19.6 Å². The quantitative estimate of drug-likeness (QED) is 0.423. The number of rotatable bonds is 4. The molecule has 0 spiro atoms. The Hall–Kier alpha value is -2.19. The Bertz CT molecular complexity index is 534. The first kappa shape index (κ1) is 14.2. The first-order valence-corrected chi connectivity index (χ1v) is 6.06. The number of methoxy groups -OCH3 is 1. The molecular weight excluding hydrogens is 266 g/mol. The summed E-state index contributed by atoms with van der Waals surface area (Å²) < 4.78 is 5.13. The van der Waals surface area contributed by atoms with Gasteiger partial charge in [-0.25, -0.2) is 0 Å². The molecule has 2 atom stereocenters. The Morgan fingerprint density at radius 1 is 1.60 bits per heavy atom. The molecule has 1 amide bonds. The Morgan fingerprint density at radius 2 is 2.35 bits per heavy atom. The third-order valence-electron chi connectivity index (χ3n) is 3.21. The normalized spacial score (nSPS) is 21.6. The highest BCUT2D eigenvalue weighted by Crippen LogP contribution is 2.33. The van der Waals surface area contributed by atoms with Crippen molar-refractivity contribution in [2.24, 2.45) is 0 Å². The summed E-state index contributed by atoms with van der Waals surface area (Å²) in [7, 11) is 1.56. The van der Waals surface area contributed by atoms with E-state index in [2.05, 4.69) is 10.6 Å². The van der Waals surface area contributed by atoms with Crippen LogP contribution in [0, 0.1) is 10.1 Å². The molecular formula is C12H15N3O5. The number of para-hydroxylation sites is 1. The number of hydrogen-bond acceptors (Lipinski definition) is 6. The van der Waals surface area contributed by atoms with Crippen molar-refractivity contribution in [3.8, 4) is 5.75 Å². The number of nitrogens with zero attached hydrogens (tertiary/aromatic N) is 1.